The van der Waals surface area contributed by atoms with Gasteiger partial charge in [0.25, 0.3) is 5.91 Å². The molecule has 0 heterocycles. The zero-order chi connectivity index (χ0) is 15.4. The Bertz CT molecular complexity index is 701. The van der Waals surface area contributed by atoms with E-state index in [2.05, 4.69) is 5.32 Å². The van der Waals surface area contributed by atoms with Gasteiger partial charge in [0.1, 0.15) is 4.99 Å². The summed E-state index contributed by atoms with van der Waals surface area (Å²) >= 11 is 4.89. The Morgan fingerprint density at radius 3 is 2.62 bits per heavy atom. The number of hydrogen-bond acceptors (Lipinski definition) is 4. The Morgan fingerprint density at radius 2 is 1.90 bits per heavy atom. The van der Waals surface area contributed by atoms with E-state index < -0.39 is 11.7 Å². The summed E-state index contributed by atoms with van der Waals surface area (Å²) < 4.78 is 0. The second kappa shape index (κ2) is 6.23. The van der Waals surface area contributed by atoms with Crippen LogP contribution in [0.4, 0.5) is 0 Å². The SMILES string of the molecule is NC(=S)c1cccc(CNC(=O)c2cccc(O)c2O)c1. The highest BCUT2D eigenvalue weighted by molar-refractivity contribution is 7.80. The Morgan fingerprint density at radius 1 is 1.19 bits per heavy atom. The molecule has 0 saturated carbocycles. The lowest BCUT2D eigenvalue weighted by Crippen LogP contribution is -2.23. The standard InChI is InChI=1S/C15H14N2O3S/c16-14(21)10-4-1-3-9(7-10)8-17-15(20)11-5-2-6-12(18)13(11)19/h1-7,18-19H,8H2,(H2,16,21)(H,17,20). The number of nitrogens with two attached hydrogens (primary N) is 1. The van der Waals surface area contributed by atoms with Crippen LogP contribution in [0.2, 0.25) is 0 Å². The minimum Gasteiger partial charge on any atom is -0.504 e. The van der Waals surface area contributed by atoms with E-state index in [1.807, 2.05) is 6.07 Å². The van der Waals surface area contributed by atoms with E-state index in [0.717, 1.165) is 11.1 Å². The summed E-state index contributed by atoms with van der Waals surface area (Å²) in [7, 11) is 0. The fraction of sp³-hybridized carbons (Fsp3) is 0.0667. The van der Waals surface area contributed by atoms with Crippen LogP contribution >= 0.6 is 12.2 Å². The van der Waals surface area contributed by atoms with Gasteiger partial charge in [0.05, 0.1) is 5.56 Å². The van der Waals surface area contributed by atoms with Gasteiger partial charge < -0.3 is 21.3 Å². The Labute approximate surface area is 127 Å². The third-order valence-electron chi connectivity index (χ3n) is 2.92. The fourth-order valence-corrected chi connectivity index (χ4v) is 1.95. The molecule has 0 spiro atoms. The summed E-state index contributed by atoms with van der Waals surface area (Å²) in [6, 6.07) is 11.4. The molecule has 0 aromatic heterocycles. The molecule has 0 aliphatic heterocycles. The Hall–Kier alpha value is -2.60. The molecule has 21 heavy (non-hydrogen) atoms. The van der Waals surface area contributed by atoms with Crippen LogP contribution in [0.15, 0.2) is 42.5 Å². The molecule has 2 aromatic carbocycles. The van der Waals surface area contributed by atoms with Crippen molar-refractivity contribution in [3.05, 3.63) is 59.2 Å². The number of carbonyl (C=O) groups is 1. The number of phenols is 2. The average Bonchev–Trinajstić information content (AvgIpc) is 2.48. The molecule has 2 rings (SSSR count). The van der Waals surface area contributed by atoms with Crippen LogP contribution in [-0.4, -0.2) is 21.1 Å². The number of amides is 1. The van der Waals surface area contributed by atoms with Crippen molar-refractivity contribution >= 4 is 23.1 Å². The second-order valence-corrected chi connectivity index (χ2v) is 4.86. The van der Waals surface area contributed by atoms with Crippen LogP contribution in [-0.2, 0) is 6.54 Å². The number of phenolic OH excluding ortho intramolecular Hbond substituents is 2. The van der Waals surface area contributed by atoms with Crippen molar-refractivity contribution in [2.24, 2.45) is 5.73 Å². The van der Waals surface area contributed by atoms with Crippen molar-refractivity contribution < 1.29 is 15.0 Å². The minimum absolute atomic E-state index is 0.0144. The van der Waals surface area contributed by atoms with E-state index in [-0.39, 0.29) is 22.8 Å². The molecule has 5 N–H and O–H groups in total. The molecule has 0 radical (unpaired) electrons. The van der Waals surface area contributed by atoms with E-state index >= 15 is 0 Å². The van der Waals surface area contributed by atoms with E-state index in [1.165, 1.54) is 18.2 Å². The predicted molar refractivity (Wildman–Crippen MR) is 83.3 cm³/mol. The van der Waals surface area contributed by atoms with Gasteiger partial charge in [-0.15, -0.1) is 0 Å². The minimum atomic E-state index is -0.482. The Balaban J connectivity index is 2.09. The molecule has 0 unspecified atom stereocenters. The van der Waals surface area contributed by atoms with E-state index in [9.17, 15) is 15.0 Å². The van der Waals surface area contributed by atoms with Gasteiger partial charge in [-0.1, -0.05) is 36.5 Å². The third-order valence-corrected chi connectivity index (χ3v) is 3.16. The summed E-state index contributed by atoms with van der Waals surface area (Å²) in [5.41, 5.74) is 7.11. The van der Waals surface area contributed by atoms with Crippen molar-refractivity contribution in [2.45, 2.75) is 6.54 Å². The van der Waals surface area contributed by atoms with Crippen LogP contribution in [0.3, 0.4) is 0 Å². The first-order valence-electron chi connectivity index (χ1n) is 6.17. The quantitative estimate of drug-likeness (QED) is 0.509. The summed E-state index contributed by atoms with van der Waals surface area (Å²) in [6.45, 7) is 0.254. The number of rotatable bonds is 4. The van der Waals surface area contributed by atoms with Crippen molar-refractivity contribution in [1.82, 2.24) is 5.32 Å². The van der Waals surface area contributed by atoms with Crippen LogP contribution < -0.4 is 11.1 Å². The molecule has 0 bridgehead atoms. The number of thiocarbonyl (C=S) groups is 1. The predicted octanol–water partition coefficient (Wildman–Crippen LogP) is 1.66. The maximum absolute atomic E-state index is 12.0. The maximum Gasteiger partial charge on any atom is 0.255 e. The molecule has 0 aliphatic carbocycles. The molecule has 0 fully saturated rings. The molecule has 6 heteroatoms. The van der Waals surface area contributed by atoms with Gasteiger partial charge in [0, 0.05) is 12.1 Å². The van der Waals surface area contributed by atoms with Gasteiger partial charge in [-0.2, -0.15) is 0 Å². The zero-order valence-electron chi connectivity index (χ0n) is 11.0. The molecule has 0 atom stereocenters. The number of para-hydroxylation sites is 1. The largest absolute Gasteiger partial charge is 0.504 e. The van der Waals surface area contributed by atoms with Gasteiger partial charge in [-0.25, -0.2) is 0 Å². The van der Waals surface area contributed by atoms with Crippen LogP contribution in [0, 0.1) is 0 Å². The zero-order valence-corrected chi connectivity index (χ0v) is 11.9. The molecule has 108 valence electrons. The lowest BCUT2D eigenvalue weighted by molar-refractivity contribution is 0.0947. The van der Waals surface area contributed by atoms with Crippen LogP contribution in [0.1, 0.15) is 21.5 Å². The number of aromatic hydroxyl groups is 2. The summed E-state index contributed by atoms with van der Waals surface area (Å²) in [5, 5.41) is 21.7. The van der Waals surface area contributed by atoms with Crippen molar-refractivity contribution in [1.29, 1.82) is 0 Å². The molecule has 0 saturated heterocycles. The number of nitrogens with one attached hydrogen (secondary N) is 1. The number of carbonyl (C=O) groups excluding carboxylic acids is 1. The van der Waals surface area contributed by atoms with Crippen molar-refractivity contribution in [3.8, 4) is 11.5 Å². The molecule has 5 nitrogen and oxygen atoms in total. The van der Waals surface area contributed by atoms with Crippen molar-refractivity contribution in [3.63, 3.8) is 0 Å². The van der Waals surface area contributed by atoms with E-state index in [0.29, 0.717) is 0 Å². The summed E-state index contributed by atoms with van der Waals surface area (Å²) in [4.78, 5) is 12.3. The number of hydrogen-bond donors (Lipinski definition) is 4. The van der Waals surface area contributed by atoms with Gasteiger partial charge >= 0.3 is 0 Å². The topological polar surface area (TPSA) is 95.6 Å². The van der Waals surface area contributed by atoms with E-state index in [1.54, 1.807) is 18.2 Å². The van der Waals surface area contributed by atoms with Crippen LogP contribution in [0.5, 0.6) is 11.5 Å². The monoisotopic (exact) mass is 302 g/mol. The molecular formula is C15H14N2O3S. The second-order valence-electron chi connectivity index (χ2n) is 4.42. The highest BCUT2D eigenvalue weighted by atomic mass is 32.1. The first kappa shape index (κ1) is 14.8. The molecular weight excluding hydrogens is 288 g/mol. The third kappa shape index (κ3) is 3.49. The molecule has 0 aliphatic rings. The van der Waals surface area contributed by atoms with Gasteiger partial charge in [-0.3, -0.25) is 4.79 Å². The summed E-state index contributed by atoms with van der Waals surface area (Å²) in [6.07, 6.45) is 0. The fourth-order valence-electron chi connectivity index (χ4n) is 1.83. The smallest absolute Gasteiger partial charge is 0.255 e. The highest BCUT2D eigenvalue weighted by Gasteiger charge is 2.13. The van der Waals surface area contributed by atoms with Gasteiger partial charge in [0.15, 0.2) is 11.5 Å². The first-order valence-corrected chi connectivity index (χ1v) is 6.57. The van der Waals surface area contributed by atoms with Crippen molar-refractivity contribution in [2.75, 3.05) is 0 Å². The normalized spacial score (nSPS) is 10.1. The van der Waals surface area contributed by atoms with Gasteiger partial charge in [0.2, 0.25) is 0 Å². The summed E-state index contributed by atoms with van der Waals surface area (Å²) in [5.74, 6) is -1.26. The lowest BCUT2D eigenvalue weighted by atomic mass is 10.1. The maximum atomic E-state index is 12.0. The van der Waals surface area contributed by atoms with Gasteiger partial charge in [-0.05, 0) is 23.8 Å². The van der Waals surface area contributed by atoms with E-state index in [4.69, 9.17) is 18.0 Å². The lowest BCUT2D eigenvalue weighted by Gasteiger charge is -2.08. The molecule has 2 aromatic rings. The Kier molecular flexibility index (Phi) is 4.39. The number of benzene rings is 2. The van der Waals surface area contributed by atoms with Crippen LogP contribution in [0.25, 0.3) is 0 Å². The highest BCUT2D eigenvalue weighted by Crippen LogP contribution is 2.27. The first-order chi connectivity index (χ1) is 9.99. The molecule has 1 amide bonds. The average molecular weight is 302 g/mol.